The maximum Gasteiger partial charge on any atom is 0.184 e. The van der Waals surface area contributed by atoms with Crippen molar-refractivity contribution in [3.05, 3.63) is 29.6 Å². The molecule has 0 unspecified atom stereocenters. The number of hydrogen-bond donors (Lipinski definition) is 0. The number of fused-ring (bicyclic) bond motifs is 1. The molecule has 19 heavy (non-hydrogen) atoms. The van der Waals surface area contributed by atoms with E-state index in [9.17, 15) is 8.78 Å². The van der Waals surface area contributed by atoms with Crippen molar-refractivity contribution in [3.8, 4) is 0 Å². The summed E-state index contributed by atoms with van der Waals surface area (Å²) in [5, 5.41) is 0. The quantitative estimate of drug-likeness (QED) is 0.755. The number of benzene rings is 1. The van der Waals surface area contributed by atoms with Crippen LogP contribution in [0.2, 0.25) is 0 Å². The highest BCUT2D eigenvalue weighted by Crippen LogP contribution is 2.23. The molecule has 2 nitrogen and oxygen atoms in total. The molecule has 5 heteroatoms. The van der Waals surface area contributed by atoms with Crippen molar-refractivity contribution in [1.29, 1.82) is 0 Å². The Labute approximate surface area is 116 Å². The predicted molar refractivity (Wildman–Crippen MR) is 73.5 cm³/mol. The second-order valence-electron chi connectivity index (χ2n) is 5.03. The van der Waals surface area contributed by atoms with E-state index in [2.05, 4.69) is 18.8 Å². The van der Waals surface area contributed by atoms with Crippen molar-refractivity contribution in [1.82, 2.24) is 9.55 Å². The third-order valence-electron chi connectivity index (χ3n) is 3.13. The molecule has 0 spiro atoms. The molecule has 1 aromatic carbocycles. The van der Waals surface area contributed by atoms with E-state index in [0.29, 0.717) is 30.3 Å². The Kier molecular flexibility index (Phi) is 4.40. The first-order valence-electron chi connectivity index (χ1n) is 6.43. The van der Waals surface area contributed by atoms with E-state index in [1.54, 1.807) is 4.57 Å². The zero-order valence-corrected chi connectivity index (χ0v) is 11.8. The van der Waals surface area contributed by atoms with Gasteiger partial charge in [-0.3, -0.25) is 0 Å². The lowest BCUT2D eigenvalue weighted by molar-refractivity contribution is 0.492. The van der Waals surface area contributed by atoms with Gasteiger partial charge in [-0.25, -0.2) is 13.8 Å². The Balaban J connectivity index is 2.53. The number of halogens is 3. The van der Waals surface area contributed by atoms with Gasteiger partial charge in [-0.1, -0.05) is 13.8 Å². The minimum atomic E-state index is -0.837. The van der Waals surface area contributed by atoms with Crippen LogP contribution in [-0.2, 0) is 13.0 Å². The summed E-state index contributed by atoms with van der Waals surface area (Å²) in [5.41, 5.74) is 0.739. The molecule has 1 heterocycles. The molecule has 0 saturated carbocycles. The number of nitrogens with zero attached hydrogens (tertiary/aromatic N) is 2. The molecule has 0 saturated heterocycles. The van der Waals surface area contributed by atoms with Gasteiger partial charge in [0.1, 0.15) is 11.3 Å². The van der Waals surface area contributed by atoms with Crippen molar-refractivity contribution in [2.45, 2.75) is 33.2 Å². The van der Waals surface area contributed by atoms with Crippen LogP contribution in [0.15, 0.2) is 12.1 Å². The lowest BCUT2D eigenvalue weighted by Crippen LogP contribution is -2.08. The zero-order chi connectivity index (χ0) is 14.0. The maximum absolute atomic E-state index is 14.0. The molecule has 2 rings (SSSR count). The monoisotopic (exact) mass is 286 g/mol. The first-order chi connectivity index (χ1) is 9.04. The minimum absolute atomic E-state index is 0.251. The molecular weight excluding hydrogens is 270 g/mol. The summed E-state index contributed by atoms with van der Waals surface area (Å²) < 4.78 is 29.1. The normalized spacial score (nSPS) is 11.7. The van der Waals surface area contributed by atoms with Gasteiger partial charge in [-0.15, -0.1) is 11.6 Å². The zero-order valence-electron chi connectivity index (χ0n) is 11.1. The van der Waals surface area contributed by atoms with Gasteiger partial charge in [0.05, 0.1) is 5.52 Å². The summed E-state index contributed by atoms with van der Waals surface area (Å²) in [6, 6.07) is 2.62. The summed E-state index contributed by atoms with van der Waals surface area (Å²) in [6.07, 6.45) is 1.44. The van der Waals surface area contributed by atoms with Gasteiger partial charge in [-0.2, -0.15) is 0 Å². The number of aromatic nitrogens is 2. The third kappa shape index (κ3) is 2.89. The number of imidazole rings is 1. The molecule has 0 radical (unpaired) electrons. The minimum Gasteiger partial charge on any atom is -0.325 e. The average Bonchev–Trinajstić information content (AvgIpc) is 2.70. The van der Waals surface area contributed by atoms with E-state index in [-0.39, 0.29) is 5.52 Å². The molecule has 0 aliphatic rings. The molecule has 2 aromatic rings. The molecular formula is C14H17ClF2N2. The Morgan fingerprint density at radius 2 is 2.05 bits per heavy atom. The predicted octanol–water partition coefficient (Wildman–Crippen LogP) is 4.14. The van der Waals surface area contributed by atoms with Gasteiger partial charge in [0.2, 0.25) is 0 Å². The van der Waals surface area contributed by atoms with Crippen LogP contribution < -0.4 is 0 Å². The fourth-order valence-electron chi connectivity index (χ4n) is 2.11. The second-order valence-corrected chi connectivity index (χ2v) is 5.41. The fraction of sp³-hybridized carbons (Fsp3) is 0.500. The molecule has 0 aliphatic carbocycles. The molecule has 0 N–H and O–H groups in total. The highest BCUT2D eigenvalue weighted by molar-refractivity contribution is 6.17. The van der Waals surface area contributed by atoms with E-state index in [0.717, 1.165) is 18.3 Å². The summed E-state index contributed by atoms with van der Waals surface area (Å²) in [5.74, 6) is -0.0481. The standard InChI is InChI=1S/C14H17ClF2N2/c1-9(2)6-8-19-12(5-7-15)18-11-4-3-10(16)13(17)14(11)19/h3-4,9H,5-8H2,1-2H3. The van der Waals surface area contributed by atoms with Crippen LogP contribution in [-0.4, -0.2) is 15.4 Å². The summed E-state index contributed by atoms with van der Waals surface area (Å²) in [6.45, 7) is 4.81. The Hall–Kier alpha value is -1.16. The highest BCUT2D eigenvalue weighted by Gasteiger charge is 2.17. The third-order valence-corrected chi connectivity index (χ3v) is 3.32. The number of hydrogen-bond acceptors (Lipinski definition) is 1. The first-order valence-corrected chi connectivity index (χ1v) is 6.97. The lowest BCUT2D eigenvalue weighted by atomic mass is 10.1. The molecule has 0 atom stereocenters. The maximum atomic E-state index is 14.0. The van der Waals surface area contributed by atoms with Gasteiger partial charge >= 0.3 is 0 Å². The summed E-state index contributed by atoms with van der Waals surface area (Å²) >= 11 is 5.75. The van der Waals surface area contributed by atoms with E-state index < -0.39 is 11.6 Å². The smallest absolute Gasteiger partial charge is 0.184 e. The van der Waals surface area contributed by atoms with Crippen LogP contribution >= 0.6 is 11.6 Å². The van der Waals surface area contributed by atoms with Crippen LogP contribution in [0.25, 0.3) is 11.0 Å². The van der Waals surface area contributed by atoms with Crippen molar-refractivity contribution in [3.63, 3.8) is 0 Å². The van der Waals surface area contributed by atoms with Crippen LogP contribution in [0.3, 0.4) is 0 Å². The average molecular weight is 287 g/mol. The number of aryl methyl sites for hydroxylation is 2. The SMILES string of the molecule is CC(C)CCn1c(CCCl)nc2ccc(F)c(F)c21. The highest BCUT2D eigenvalue weighted by atomic mass is 35.5. The van der Waals surface area contributed by atoms with Gasteiger partial charge < -0.3 is 4.57 Å². The number of alkyl halides is 1. The van der Waals surface area contributed by atoms with Crippen molar-refractivity contribution in [2.75, 3.05) is 5.88 Å². The van der Waals surface area contributed by atoms with Crippen LogP contribution in [0.1, 0.15) is 26.1 Å². The molecule has 0 fully saturated rings. The number of rotatable bonds is 5. The summed E-state index contributed by atoms with van der Waals surface area (Å²) in [7, 11) is 0. The van der Waals surface area contributed by atoms with Crippen molar-refractivity contribution in [2.24, 2.45) is 5.92 Å². The molecule has 104 valence electrons. The van der Waals surface area contributed by atoms with Crippen LogP contribution in [0, 0.1) is 17.6 Å². The van der Waals surface area contributed by atoms with E-state index in [4.69, 9.17) is 11.6 Å². The van der Waals surface area contributed by atoms with Crippen LogP contribution in [0.5, 0.6) is 0 Å². The largest absolute Gasteiger partial charge is 0.325 e. The topological polar surface area (TPSA) is 17.8 Å². The van der Waals surface area contributed by atoms with Gasteiger partial charge in [0.15, 0.2) is 11.6 Å². The molecule has 1 aromatic heterocycles. The van der Waals surface area contributed by atoms with Crippen molar-refractivity contribution < 1.29 is 8.78 Å². The van der Waals surface area contributed by atoms with E-state index >= 15 is 0 Å². The Bertz CT molecular complexity index is 578. The lowest BCUT2D eigenvalue weighted by Gasteiger charge is -2.10. The first kappa shape index (κ1) is 14.3. The van der Waals surface area contributed by atoms with Crippen LogP contribution in [0.4, 0.5) is 8.78 Å². The van der Waals surface area contributed by atoms with Gasteiger partial charge in [-0.05, 0) is 24.5 Å². The van der Waals surface area contributed by atoms with Crippen molar-refractivity contribution >= 4 is 22.6 Å². The molecule has 0 aliphatic heterocycles. The Morgan fingerprint density at radius 1 is 1.32 bits per heavy atom. The van der Waals surface area contributed by atoms with Gasteiger partial charge in [0, 0.05) is 18.8 Å². The van der Waals surface area contributed by atoms with E-state index in [1.807, 2.05) is 0 Å². The van der Waals surface area contributed by atoms with Gasteiger partial charge in [0.25, 0.3) is 0 Å². The Morgan fingerprint density at radius 3 is 2.68 bits per heavy atom. The fourth-order valence-corrected chi connectivity index (χ4v) is 2.28. The molecule has 0 amide bonds. The summed E-state index contributed by atoms with van der Waals surface area (Å²) in [4.78, 5) is 4.35. The van der Waals surface area contributed by atoms with E-state index in [1.165, 1.54) is 6.07 Å². The molecule has 0 bridgehead atoms. The second kappa shape index (κ2) is 5.87.